The Morgan fingerprint density at radius 1 is 1.32 bits per heavy atom. The van der Waals surface area contributed by atoms with E-state index in [0.717, 1.165) is 17.7 Å². The Kier molecular flexibility index (Phi) is 6.23. The Labute approximate surface area is 144 Å². The first-order chi connectivity index (χ1) is 11.9. The zero-order valence-corrected chi connectivity index (χ0v) is 13.7. The number of carbonyl (C=O) groups is 1. The number of hydrogen-bond acceptors (Lipinski definition) is 7. The molecule has 0 atom stereocenters. The second kappa shape index (κ2) is 8.38. The van der Waals surface area contributed by atoms with Crippen molar-refractivity contribution in [1.29, 1.82) is 0 Å². The molecular weight excluding hydrogens is 359 g/mol. The van der Waals surface area contributed by atoms with Gasteiger partial charge >= 0.3 is 5.97 Å². The topological polar surface area (TPSA) is 84.7 Å². The van der Waals surface area contributed by atoms with Crippen LogP contribution in [-0.4, -0.2) is 33.5 Å². The van der Waals surface area contributed by atoms with E-state index in [2.05, 4.69) is 14.6 Å². The first-order valence-electron chi connectivity index (χ1n) is 6.95. The first-order valence-corrected chi connectivity index (χ1v) is 7.78. The third-order valence-corrected chi connectivity index (χ3v) is 3.45. The van der Waals surface area contributed by atoms with E-state index in [0.29, 0.717) is 11.8 Å². The van der Waals surface area contributed by atoms with Gasteiger partial charge in [-0.25, -0.2) is 18.0 Å². The van der Waals surface area contributed by atoms with E-state index in [-0.39, 0.29) is 19.2 Å². The SMILES string of the molecule is CCOC(=O)C(C=NCc1csnn1)=C(O)c1cc(F)c(F)cc1F. The van der Waals surface area contributed by atoms with E-state index in [1.54, 1.807) is 5.38 Å². The number of aromatic nitrogens is 2. The highest BCUT2D eigenvalue weighted by Crippen LogP contribution is 2.22. The van der Waals surface area contributed by atoms with Crippen molar-refractivity contribution >= 4 is 29.5 Å². The summed E-state index contributed by atoms with van der Waals surface area (Å²) in [7, 11) is 0. The molecule has 0 bridgehead atoms. The van der Waals surface area contributed by atoms with E-state index in [4.69, 9.17) is 4.74 Å². The lowest BCUT2D eigenvalue weighted by Gasteiger charge is -2.08. The van der Waals surface area contributed by atoms with E-state index in [1.165, 1.54) is 6.92 Å². The Hall–Kier alpha value is -2.75. The predicted molar refractivity (Wildman–Crippen MR) is 84.6 cm³/mol. The quantitative estimate of drug-likeness (QED) is 0.277. The molecule has 0 fully saturated rings. The van der Waals surface area contributed by atoms with Crippen LogP contribution in [0.5, 0.6) is 0 Å². The molecule has 0 radical (unpaired) electrons. The summed E-state index contributed by atoms with van der Waals surface area (Å²) < 4.78 is 48.6. The molecule has 1 N–H and O–H groups in total. The van der Waals surface area contributed by atoms with Gasteiger partial charge in [-0.3, -0.25) is 4.99 Å². The highest BCUT2D eigenvalue weighted by atomic mass is 32.1. The van der Waals surface area contributed by atoms with Crippen molar-refractivity contribution in [2.75, 3.05) is 6.61 Å². The summed E-state index contributed by atoms with van der Waals surface area (Å²) in [6, 6.07) is 0.708. The Balaban J connectivity index is 2.41. The zero-order valence-electron chi connectivity index (χ0n) is 12.9. The minimum Gasteiger partial charge on any atom is -0.506 e. The van der Waals surface area contributed by atoms with Crippen LogP contribution in [0.2, 0.25) is 0 Å². The van der Waals surface area contributed by atoms with Crippen molar-refractivity contribution in [2.45, 2.75) is 13.5 Å². The van der Waals surface area contributed by atoms with Crippen molar-refractivity contribution < 1.29 is 27.8 Å². The van der Waals surface area contributed by atoms with Crippen LogP contribution in [0.15, 0.2) is 28.1 Å². The summed E-state index contributed by atoms with van der Waals surface area (Å²) in [5.41, 5.74) is -0.679. The maximum atomic E-state index is 13.8. The maximum absolute atomic E-state index is 13.8. The van der Waals surface area contributed by atoms with Gasteiger partial charge in [-0.2, -0.15) is 0 Å². The van der Waals surface area contributed by atoms with E-state index in [1.807, 2.05) is 0 Å². The average molecular weight is 371 g/mol. The fourth-order valence-electron chi connectivity index (χ4n) is 1.75. The molecule has 0 unspecified atom stereocenters. The van der Waals surface area contributed by atoms with E-state index >= 15 is 0 Å². The van der Waals surface area contributed by atoms with Crippen LogP contribution in [0, 0.1) is 17.5 Å². The number of aliphatic hydroxyl groups excluding tert-OH is 1. The van der Waals surface area contributed by atoms with Gasteiger partial charge in [0.25, 0.3) is 0 Å². The van der Waals surface area contributed by atoms with Crippen LogP contribution < -0.4 is 0 Å². The summed E-state index contributed by atoms with van der Waals surface area (Å²) in [5.74, 6) is -5.96. The number of nitrogens with zero attached hydrogens (tertiary/aromatic N) is 3. The molecule has 0 aliphatic rings. The van der Waals surface area contributed by atoms with Gasteiger partial charge in [0.2, 0.25) is 0 Å². The number of ether oxygens (including phenoxy) is 1. The molecule has 25 heavy (non-hydrogen) atoms. The third kappa shape index (κ3) is 4.63. The van der Waals surface area contributed by atoms with Gasteiger partial charge in [0.15, 0.2) is 11.6 Å². The molecular formula is C15H12F3N3O3S. The number of hydrogen-bond donors (Lipinski definition) is 1. The van der Waals surface area contributed by atoms with Crippen LogP contribution >= 0.6 is 11.5 Å². The van der Waals surface area contributed by atoms with E-state index < -0.39 is 40.3 Å². The second-order valence-electron chi connectivity index (χ2n) is 4.59. The molecule has 1 heterocycles. The number of esters is 1. The number of aliphatic hydroxyl groups is 1. The first kappa shape index (κ1) is 18.6. The summed E-state index contributed by atoms with van der Waals surface area (Å²) >= 11 is 1.11. The lowest BCUT2D eigenvalue weighted by atomic mass is 10.1. The van der Waals surface area contributed by atoms with E-state index in [9.17, 15) is 23.1 Å². The minimum atomic E-state index is -1.42. The molecule has 2 aromatic rings. The number of halogens is 3. The normalized spacial score (nSPS) is 12.3. The monoisotopic (exact) mass is 371 g/mol. The van der Waals surface area contributed by atoms with Crippen molar-refractivity contribution in [1.82, 2.24) is 9.59 Å². The van der Waals surface area contributed by atoms with Crippen molar-refractivity contribution in [3.05, 3.63) is 51.8 Å². The fourth-order valence-corrected chi connectivity index (χ4v) is 2.19. The molecule has 1 aromatic carbocycles. The molecule has 0 saturated carbocycles. The minimum absolute atomic E-state index is 0.0142. The molecule has 0 saturated heterocycles. The van der Waals surface area contributed by atoms with Gasteiger partial charge in [-0.05, 0) is 24.5 Å². The van der Waals surface area contributed by atoms with Crippen molar-refractivity contribution in [3.63, 3.8) is 0 Å². The summed E-state index contributed by atoms with van der Waals surface area (Å²) in [4.78, 5) is 15.9. The molecule has 0 spiro atoms. The standard InChI is InChI=1S/C15H12F3N3O3S/c1-2-24-15(23)10(6-19-5-8-7-25-21-20-8)14(22)9-3-12(17)13(18)4-11(9)16/h3-4,6-7,22H,2,5H2,1H3. The maximum Gasteiger partial charge on any atom is 0.343 e. The van der Waals surface area contributed by atoms with Gasteiger partial charge in [-0.1, -0.05) is 4.49 Å². The van der Waals surface area contributed by atoms with Crippen LogP contribution in [-0.2, 0) is 16.1 Å². The number of carbonyl (C=O) groups excluding carboxylic acids is 1. The number of benzene rings is 1. The van der Waals surface area contributed by atoms with Gasteiger partial charge in [0.05, 0.1) is 24.4 Å². The third-order valence-electron chi connectivity index (χ3n) is 2.89. The number of rotatable bonds is 6. The fraction of sp³-hybridized carbons (Fsp3) is 0.200. The predicted octanol–water partition coefficient (Wildman–Crippen LogP) is 3.06. The smallest absolute Gasteiger partial charge is 0.343 e. The Morgan fingerprint density at radius 3 is 2.68 bits per heavy atom. The molecule has 0 amide bonds. The molecule has 6 nitrogen and oxygen atoms in total. The molecule has 2 rings (SSSR count). The molecule has 0 aliphatic heterocycles. The van der Waals surface area contributed by atoms with Crippen LogP contribution in [0.25, 0.3) is 5.76 Å². The highest BCUT2D eigenvalue weighted by Gasteiger charge is 2.20. The molecule has 132 valence electrons. The second-order valence-corrected chi connectivity index (χ2v) is 5.20. The number of aliphatic imine (C=N–C) groups is 1. The van der Waals surface area contributed by atoms with Crippen molar-refractivity contribution in [2.24, 2.45) is 4.99 Å². The summed E-state index contributed by atoms with van der Waals surface area (Å²) in [6.45, 7) is 1.56. The van der Waals surface area contributed by atoms with Crippen molar-refractivity contribution in [3.8, 4) is 0 Å². The van der Waals surface area contributed by atoms with Crippen LogP contribution in [0.1, 0.15) is 18.2 Å². The molecule has 1 aromatic heterocycles. The summed E-state index contributed by atoms with van der Waals surface area (Å²) in [6.07, 6.45) is 0.952. The molecule has 0 aliphatic carbocycles. The zero-order chi connectivity index (χ0) is 18.4. The van der Waals surface area contributed by atoms with Gasteiger partial charge in [0.1, 0.15) is 17.1 Å². The van der Waals surface area contributed by atoms with Gasteiger partial charge in [0, 0.05) is 17.7 Å². The van der Waals surface area contributed by atoms with Gasteiger partial charge in [-0.15, -0.1) is 5.10 Å². The molecule has 10 heteroatoms. The van der Waals surface area contributed by atoms with Crippen LogP contribution in [0.4, 0.5) is 13.2 Å². The Bertz CT molecular complexity index is 823. The lowest BCUT2D eigenvalue weighted by Crippen LogP contribution is -2.12. The van der Waals surface area contributed by atoms with Crippen LogP contribution in [0.3, 0.4) is 0 Å². The Morgan fingerprint density at radius 2 is 2.04 bits per heavy atom. The summed E-state index contributed by atoms with van der Waals surface area (Å²) in [5, 5.41) is 15.5. The average Bonchev–Trinajstić information content (AvgIpc) is 3.08. The lowest BCUT2D eigenvalue weighted by molar-refractivity contribution is -0.137. The van der Waals surface area contributed by atoms with Gasteiger partial charge < -0.3 is 9.84 Å². The largest absolute Gasteiger partial charge is 0.506 e. The highest BCUT2D eigenvalue weighted by molar-refractivity contribution is 7.03.